The van der Waals surface area contributed by atoms with Gasteiger partial charge in [-0.05, 0) is 29.7 Å². The number of carboxylic acids is 1. The summed E-state index contributed by atoms with van der Waals surface area (Å²) >= 11 is 0. The highest BCUT2D eigenvalue weighted by Gasteiger charge is 2.25. The largest absolute Gasteiger partial charge is 0.478 e. The zero-order valence-electron chi connectivity index (χ0n) is 15.0. The van der Waals surface area contributed by atoms with E-state index in [1.165, 1.54) is 0 Å². The smallest absolute Gasteiger partial charge is 0.335 e. The van der Waals surface area contributed by atoms with Crippen LogP contribution in [-0.4, -0.2) is 28.9 Å². The Balaban J connectivity index is 2.10. The molecular formula is C20H21FN2O4. The third-order valence-corrected chi connectivity index (χ3v) is 3.94. The number of amides is 2. The van der Waals surface area contributed by atoms with E-state index in [1.807, 2.05) is 18.2 Å². The molecule has 1 unspecified atom stereocenters. The molecule has 2 aromatic carbocycles. The molecule has 0 saturated heterocycles. The number of hydrogen-bond acceptors (Lipinski definition) is 3. The third kappa shape index (κ3) is 5.64. The van der Waals surface area contributed by atoms with Crippen molar-refractivity contribution in [3.63, 3.8) is 0 Å². The summed E-state index contributed by atoms with van der Waals surface area (Å²) in [6, 6.07) is 11.3. The van der Waals surface area contributed by atoms with Crippen LogP contribution in [0.25, 0.3) is 0 Å². The van der Waals surface area contributed by atoms with Crippen LogP contribution in [-0.2, 0) is 16.0 Å². The second-order valence-corrected chi connectivity index (χ2v) is 6.44. The van der Waals surface area contributed by atoms with Crippen LogP contribution < -0.4 is 10.6 Å². The minimum Gasteiger partial charge on any atom is -0.478 e. The second-order valence-electron chi connectivity index (χ2n) is 6.44. The van der Waals surface area contributed by atoms with Gasteiger partial charge in [-0.1, -0.05) is 44.2 Å². The summed E-state index contributed by atoms with van der Waals surface area (Å²) in [5.74, 6) is -3.20. The van der Waals surface area contributed by atoms with Gasteiger partial charge in [0.2, 0.25) is 11.8 Å². The standard InChI is InChI=1S/C20H21FN2O4/c1-12(2)18(23-17(24)10-13-6-4-3-5-7-13)19(25)22-16-11-14(20(26)27)8-9-15(16)21/h3-9,11-12,18H,10H2,1-2H3,(H,22,25)(H,23,24)(H,26,27). The maximum Gasteiger partial charge on any atom is 0.335 e. The number of carboxylic acid groups (broad SMARTS) is 1. The lowest BCUT2D eigenvalue weighted by atomic mass is 10.0. The zero-order chi connectivity index (χ0) is 20.0. The highest BCUT2D eigenvalue weighted by Crippen LogP contribution is 2.17. The maximum absolute atomic E-state index is 13.9. The molecule has 0 fully saturated rings. The molecule has 6 nitrogen and oxygen atoms in total. The number of aromatic carboxylic acids is 1. The van der Waals surface area contributed by atoms with Gasteiger partial charge in [0.15, 0.2) is 0 Å². The zero-order valence-corrected chi connectivity index (χ0v) is 15.0. The fourth-order valence-electron chi connectivity index (χ4n) is 2.51. The Morgan fingerprint density at radius 1 is 1.07 bits per heavy atom. The SMILES string of the molecule is CC(C)C(NC(=O)Cc1ccccc1)C(=O)Nc1cc(C(=O)O)ccc1F. The Labute approximate surface area is 156 Å². The van der Waals surface area contributed by atoms with E-state index >= 15 is 0 Å². The molecule has 0 aliphatic heterocycles. The molecule has 2 aromatic rings. The molecule has 0 aromatic heterocycles. The highest BCUT2D eigenvalue weighted by atomic mass is 19.1. The number of halogens is 1. The quantitative estimate of drug-likeness (QED) is 0.696. The van der Waals surface area contributed by atoms with Gasteiger partial charge in [0.05, 0.1) is 17.7 Å². The van der Waals surface area contributed by atoms with Crippen molar-refractivity contribution >= 4 is 23.5 Å². The average Bonchev–Trinajstić information content (AvgIpc) is 2.61. The van der Waals surface area contributed by atoms with Crippen LogP contribution >= 0.6 is 0 Å². The Kier molecular flexibility index (Phi) is 6.65. The third-order valence-electron chi connectivity index (χ3n) is 3.94. The van der Waals surface area contributed by atoms with E-state index in [4.69, 9.17) is 5.11 Å². The summed E-state index contributed by atoms with van der Waals surface area (Å²) < 4.78 is 13.9. The highest BCUT2D eigenvalue weighted by molar-refractivity contribution is 5.98. The maximum atomic E-state index is 13.9. The van der Waals surface area contributed by atoms with Crippen molar-refractivity contribution in [2.24, 2.45) is 5.92 Å². The van der Waals surface area contributed by atoms with Crippen LogP contribution in [0.2, 0.25) is 0 Å². The topological polar surface area (TPSA) is 95.5 Å². The van der Waals surface area contributed by atoms with Crippen LogP contribution in [0, 0.1) is 11.7 Å². The van der Waals surface area contributed by atoms with Crippen molar-refractivity contribution in [3.05, 3.63) is 65.5 Å². The van der Waals surface area contributed by atoms with Crippen LogP contribution in [0.1, 0.15) is 29.8 Å². The molecule has 0 bridgehead atoms. The fourth-order valence-corrected chi connectivity index (χ4v) is 2.51. The molecule has 0 aliphatic rings. The molecule has 2 rings (SSSR count). The summed E-state index contributed by atoms with van der Waals surface area (Å²) in [6.45, 7) is 3.49. The van der Waals surface area contributed by atoms with Gasteiger partial charge in [0.25, 0.3) is 0 Å². The Morgan fingerprint density at radius 3 is 2.33 bits per heavy atom. The molecule has 0 spiro atoms. The Hall–Kier alpha value is -3.22. The first-order chi connectivity index (χ1) is 12.8. The molecule has 1 atom stereocenters. The number of carbonyl (C=O) groups excluding carboxylic acids is 2. The normalized spacial score (nSPS) is 11.7. The minimum atomic E-state index is -1.23. The van der Waals surface area contributed by atoms with Gasteiger partial charge in [0.1, 0.15) is 11.9 Å². The number of rotatable bonds is 7. The number of nitrogens with one attached hydrogen (secondary N) is 2. The van der Waals surface area contributed by atoms with Crippen molar-refractivity contribution in [1.29, 1.82) is 0 Å². The molecule has 7 heteroatoms. The number of anilines is 1. The van der Waals surface area contributed by atoms with Gasteiger partial charge in [-0.2, -0.15) is 0 Å². The minimum absolute atomic E-state index is 0.111. The van der Waals surface area contributed by atoms with Crippen molar-refractivity contribution in [3.8, 4) is 0 Å². The molecule has 27 heavy (non-hydrogen) atoms. The average molecular weight is 372 g/mol. The van der Waals surface area contributed by atoms with Crippen LogP contribution in [0.15, 0.2) is 48.5 Å². The van der Waals surface area contributed by atoms with Crippen LogP contribution in [0.4, 0.5) is 10.1 Å². The predicted octanol–water partition coefficient (Wildman–Crippen LogP) is 2.85. The molecule has 2 amide bonds. The van der Waals surface area contributed by atoms with E-state index in [-0.39, 0.29) is 29.5 Å². The molecule has 0 aliphatic carbocycles. The lowest BCUT2D eigenvalue weighted by Gasteiger charge is -2.22. The lowest BCUT2D eigenvalue weighted by molar-refractivity contribution is -0.127. The molecule has 142 valence electrons. The van der Waals surface area contributed by atoms with Gasteiger partial charge in [0, 0.05) is 0 Å². The Bertz CT molecular complexity index is 837. The molecule has 0 radical (unpaired) electrons. The summed E-state index contributed by atoms with van der Waals surface area (Å²) in [5.41, 5.74) is 0.405. The van der Waals surface area contributed by atoms with Crippen molar-refractivity contribution in [2.45, 2.75) is 26.3 Å². The lowest BCUT2D eigenvalue weighted by Crippen LogP contribution is -2.47. The van der Waals surface area contributed by atoms with E-state index < -0.39 is 23.7 Å². The monoisotopic (exact) mass is 372 g/mol. The van der Waals surface area contributed by atoms with E-state index in [1.54, 1.807) is 26.0 Å². The van der Waals surface area contributed by atoms with Crippen molar-refractivity contribution in [2.75, 3.05) is 5.32 Å². The second kappa shape index (κ2) is 8.93. The summed E-state index contributed by atoms with van der Waals surface area (Å²) in [5, 5.41) is 14.0. The molecule has 3 N–H and O–H groups in total. The van der Waals surface area contributed by atoms with E-state index in [9.17, 15) is 18.8 Å². The Morgan fingerprint density at radius 2 is 1.74 bits per heavy atom. The van der Waals surface area contributed by atoms with Crippen molar-refractivity contribution < 1.29 is 23.9 Å². The van der Waals surface area contributed by atoms with Gasteiger partial charge >= 0.3 is 5.97 Å². The molecule has 0 saturated carbocycles. The summed E-state index contributed by atoms with van der Waals surface area (Å²) in [6.07, 6.45) is 0.111. The van der Waals surface area contributed by atoms with Gasteiger partial charge in [-0.3, -0.25) is 9.59 Å². The van der Waals surface area contributed by atoms with E-state index in [0.29, 0.717) is 0 Å². The van der Waals surface area contributed by atoms with Crippen molar-refractivity contribution in [1.82, 2.24) is 5.32 Å². The summed E-state index contributed by atoms with van der Waals surface area (Å²) in [4.78, 5) is 35.8. The number of benzene rings is 2. The van der Waals surface area contributed by atoms with Crippen LogP contribution in [0.3, 0.4) is 0 Å². The first-order valence-electron chi connectivity index (χ1n) is 8.45. The number of hydrogen-bond donors (Lipinski definition) is 3. The van der Waals surface area contributed by atoms with E-state index in [0.717, 1.165) is 23.8 Å². The van der Waals surface area contributed by atoms with Gasteiger partial charge in [-0.15, -0.1) is 0 Å². The van der Waals surface area contributed by atoms with Crippen LogP contribution in [0.5, 0.6) is 0 Å². The molecular weight excluding hydrogens is 351 g/mol. The molecule has 0 heterocycles. The van der Waals surface area contributed by atoms with Gasteiger partial charge in [-0.25, -0.2) is 9.18 Å². The summed E-state index contributed by atoms with van der Waals surface area (Å²) in [7, 11) is 0. The van der Waals surface area contributed by atoms with E-state index in [2.05, 4.69) is 10.6 Å². The van der Waals surface area contributed by atoms with Gasteiger partial charge < -0.3 is 15.7 Å². The predicted molar refractivity (Wildman–Crippen MR) is 98.9 cm³/mol. The first-order valence-corrected chi connectivity index (χ1v) is 8.45. The number of carbonyl (C=O) groups is 3. The first kappa shape index (κ1) is 20.1. The fraction of sp³-hybridized carbons (Fsp3) is 0.250.